The summed E-state index contributed by atoms with van der Waals surface area (Å²) in [6.07, 6.45) is 2.21. The van der Waals surface area contributed by atoms with E-state index in [-0.39, 0.29) is 0 Å². The van der Waals surface area contributed by atoms with Gasteiger partial charge in [0, 0.05) is 0 Å². The first-order valence-corrected chi connectivity index (χ1v) is 7.96. The lowest BCUT2D eigenvalue weighted by Gasteiger charge is -2.21. The summed E-state index contributed by atoms with van der Waals surface area (Å²) in [7, 11) is -10.9. The van der Waals surface area contributed by atoms with Crippen LogP contribution in [-0.4, -0.2) is 28.4 Å². The molecule has 0 aliphatic heterocycles. The smallest absolute Gasteiger partial charge is 0.254 e. The van der Waals surface area contributed by atoms with Gasteiger partial charge in [-0.15, -0.1) is 0 Å². The van der Waals surface area contributed by atoms with Crippen LogP contribution in [0.3, 0.4) is 0 Å². The van der Waals surface area contributed by atoms with E-state index in [1.54, 1.807) is 0 Å². The molecular formula is C7H12F3NO5S2. The highest BCUT2D eigenvalue weighted by Gasteiger charge is 2.48. The molecule has 0 spiro atoms. The molecule has 1 rings (SSSR count). The highest BCUT2D eigenvalue weighted by molar-refractivity contribution is 8.03. The first-order valence-electron chi connectivity index (χ1n) is 5.06. The van der Waals surface area contributed by atoms with Crippen molar-refractivity contribution in [3.05, 3.63) is 0 Å². The van der Waals surface area contributed by atoms with Crippen molar-refractivity contribution in [2.45, 2.75) is 43.7 Å². The van der Waals surface area contributed by atoms with Gasteiger partial charge in [0.25, 0.3) is 0 Å². The van der Waals surface area contributed by atoms with Gasteiger partial charge in [0.15, 0.2) is 0 Å². The molecule has 18 heavy (non-hydrogen) atoms. The van der Waals surface area contributed by atoms with Gasteiger partial charge in [-0.1, -0.05) is 23.4 Å². The van der Waals surface area contributed by atoms with E-state index in [1.807, 2.05) is 0 Å². The number of sulfonamides is 1. The van der Waals surface area contributed by atoms with Crippen LogP contribution in [-0.2, 0) is 24.5 Å². The van der Waals surface area contributed by atoms with E-state index in [2.05, 4.69) is 4.18 Å². The van der Waals surface area contributed by atoms with Gasteiger partial charge in [-0.25, -0.2) is 8.42 Å². The monoisotopic (exact) mass is 311 g/mol. The SMILES string of the molecule is O=S(=O)(NS(=O)(=O)C(F)(F)F)OC1CCCCC1. The van der Waals surface area contributed by atoms with Gasteiger partial charge in [-0.05, 0) is 12.8 Å². The second kappa shape index (κ2) is 5.31. The minimum Gasteiger partial charge on any atom is -0.254 e. The van der Waals surface area contributed by atoms with Crippen LogP contribution in [0.1, 0.15) is 32.1 Å². The van der Waals surface area contributed by atoms with Crippen molar-refractivity contribution in [3.63, 3.8) is 0 Å². The van der Waals surface area contributed by atoms with E-state index in [0.29, 0.717) is 29.8 Å². The highest BCUT2D eigenvalue weighted by atomic mass is 32.3. The van der Waals surface area contributed by atoms with Crippen LogP contribution < -0.4 is 4.13 Å². The third-order valence-electron chi connectivity index (χ3n) is 2.33. The average Bonchev–Trinajstić information content (AvgIpc) is 2.14. The quantitative estimate of drug-likeness (QED) is 0.837. The topological polar surface area (TPSA) is 89.5 Å². The van der Waals surface area contributed by atoms with Crippen molar-refractivity contribution >= 4 is 20.3 Å². The third-order valence-corrected chi connectivity index (χ3v) is 5.16. The van der Waals surface area contributed by atoms with Crippen LogP contribution in [0.5, 0.6) is 0 Å². The maximum atomic E-state index is 12.0. The zero-order valence-electron chi connectivity index (χ0n) is 9.10. The number of rotatable bonds is 4. The second-order valence-corrected chi connectivity index (χ2v) is 7.08. The molecule has 1 aliphatic carbocycles. The molecule has 0 saturated heterocycles. The molecule has 108 valence electrons. The number of alkyl halides is 3. The van der Waals surface area contributed by atoms with Crippen molar-refractivity contribution in [3.8, 4) is 0 Å². The van der Waals surface area contributed by atoms with Crippen LogP contribution in [0.15, 0.2) is 0 Å². The standard InChI is InChI=1S/C7H12F3NO5S2/c8-7(9,10)17(12,13)11-18(14,15)16-6-4-2-1-3-5-6/h6,11H,1-5H2. The summed E-state index contributed by atoms with van der Waals surface area (Å²) >= 11 is 0. The summed E-state index contributed by atoms with van der Waals surface area (Å²) in [6.45, 7) is 0. The lowest BCUT2D eigenvalue weighted by molar-refractivity contribution is -0.0442. The Morgan fingerprint density at radius 1 is 1.00 bits per heavy atom. The molecule has 1 aliphatic rings. The Hall–Kier alpha value is -0.390. The lowest BCUT2D eigenvalue weighted by atomic mass is 9.98. The third kappa shape index (κ3) is 4.37. The van der Waals surface area contributed by atoms with Crippen molar-refractivity contribution in [1.82, 2.24) is 4.13 Å². The van der Waals surface area contributed by atoms with Gasteiger partial charge in [0.2, 0.25) is 0 Å². The number of halogens is 3. The summed E-state index contributed by atoms with van der Waals surface area (Å²) in [4.78, 5) is 0. The first kappa shape index (κ1) is 15.7. The maximum Gasteiger partial charge on any atom is 0.512 e. The van der Waals surface area contributed by atoms with Gasteiger partial charge in [0.05, 0.1) is 6.10 Å². The molecule has 1 fully saturated rings. The van der Waals surface area contributed by atoms with Crippen LogP contribution >= 0.6 is 0 Å². The van der Waals surface area contributed by atoms with Gasteiger partial charge in [0.1, 0.15) is 0 Å². The van der Waals surface area contributed by atoms with Crippen molar-refractivity contribution < 1.29 is 34.2 Å². The molecule has 0 bridgehead atoms. The van der Waals surface area contributed by atoms with E-state index < -0.39 is 31.9 Å². The van der Waals surface area contributed by atoms with Crippen LogP contribution in [0, 0.1) is 0 Å². The zero-order chi connectivity index (χ0) is 14.0. The molecule has 0 aromatic rings. The summed E-state index contributed by atoms with van der Waals surface area (Å²) in [5, 5.41) is 0. The Morgan fingerprint density at radius 3 is 1.94 bits per heavy atom. The molecular weight excluding hydrogens is 299 g/mol. The molecule has 0 atom stereocenters. The van der Waals surface area contributed by atoms with Gasteiger partial charge in [-0.3, -0.25) is 4.18 Å². The Morgan fingerprint density at radius 2 is 1.50 bits per heavy atom. The minimum atomic E-state index is -5.97. The average molecular weight is 311 g/mol. The van der Waals surface area contributed by atoms with E-state index in [9.17, 15) is 30.0 Å². The van der Waals surface area contributed by atoms with Gasteiger partial charge in [-0.2, -0.15) is 21.6 Å². The summed E-state index contributed by atoms with van der Waals surface area (Å²) < 4.78 is 84.3. The van der Waals surface area contributed by atoms with E-state index >= 15 is 0 Å². The molecule has 0 radical (unpaired) electrons. The fraction of sp³-hybridized carbons (Fsp3) is 1.00. The highest BCUT2D eigenvalue weighted by Crippen LogP contribution is 2.24. The normalized spacial score (nSPS) is 19.9. The summed E-state index contributed by atoms with van der Waals surface area (Å²) in [5.41, 5.74) is -5.70. The largest absolute Gasteiger partial charge is 0.512 e. The van der Waals surface area contributed by atoms with E-state index in [0.717, 1.165) is 6.42 Å². The second-order valence-electron chi connectivity index (χ2n) is 3.84. The van der Waals surface area contributed by atoms with E-state index in [1.165, 1.54) is 0 Å². The Labute approximate surface area is 103 Å². The predicted octanol–water partition coefficient (Wildman–Crippen LogP) is 1.02. The molecule has 6 nitrogen and oxygen atoms in total. The van der Waals surface area contributed by atoms with E-state index in [4.69, 9.17) is 0 Å². The molecule has 0 amide bonds. The Balaban J connectivity index is 2.71. The molecule has 0 heterocycles. The molecule has 0 unspecified atom stereocenters. The number of nitrogens with one attached hydrogen (secondary N) is 1. The first-order chi connectivity index (χ1) is 8.04. The Kier molecular flexibility index (Phi) is 4.62. The molecule has 0 aromatic carbocycles. The maximum absolute atomic E-state index is 12.0. The van der Waals surface area contributed by atoms with Crippen molar-refractivity contribution in [1.29, 1.82) is 0 Å². The molecule has 1 N–H and O–H groups in total. The van der Waals surface area contributed by atoms with Crippen molar-refractivity contribution in [2.24, 2.45) is 0 Å². The molecule has 1 saturated carbocycles. The molecule has 0 aromatic heterocycles. The number of hydrogen-bond donors (Lipinski definition) is 1. The predicted molar refractivity (Wildman–Crippen MR) is 55.0 cm³/mol. The van der Waals surface area contributed by atoms with Crippen molar-refractivity contribution in [2.75, 3.05) is 0 Å². The van der Waals surface area contributed by atoms with Crippen LogP contribution in [0.2, 0.25) is 0 Å². The van der Waals surface area contributed by atoms with Gasteiger partial charge >= 0.3 is 25.8 Å². The number of hydrogen-bond acceptors (Lipinski definition) is 5. The summed E-state index contributed by atoms with van der Waals surface area (Å²) in [6, 6.07) is 0. The fourth-order valence-corrected chi connectivity index (χ4v) is 3.70. The zero-order valence-corrected chi connectivity index (χ0v) is 10.7. The lowest BCUT2D eigenvalue weighted by Crippen LogP contribution is -2.42. The minimum absolute atomic E-state index is 0.368. The van der Waals surface area contributed by atoms with Crippen LogP contribution in [0.4, 0.5) is 13.2 Å². The summed E-state index contributed by atoms with van der Waals surface area (Å²) in [5.74, 6) is 0. The fourth-order valence-electron chi connectivity index (χ4n) is 1.54. The Bertz CT molecular complexity index is 478. The van der Waals surface area contributed by atoms with Gasteiger partial charge < -0.3 is 0 Å². The van der Waals surface area contributed by atoms with Crippen LogP contribution in [0.25, 0.3) is 0 Å². The molecule has 11 heteroatoms.